The second-order valence-corrected chi connectivity index (χ2v) is 1.000. The molecule has 0 N–H and O–H groups in total. The normalized spacial score (nSPS) is 4.29. The highest BCUT2D eigenvalue weighted by Gasteiger charge is 1.56. The van der Waals surface area contributed by atoms with Crippen LogP contribution in [0.3, 0.4) is 0 Å². The zero-order chi connectivity index (χ0) is 3.41. The fourth-order valence-corrected chi connectivity index (χ4v) is 0. The van der Waals surface area contributed by atoms with Gasteiger partial charge in [0, 0.05) is 0 Å². The molecule has 0 saturated heterocycles. The molecule has 0 nitrogen and oxygen atoms in total. The zero-order valence-corrected chi connectivity index (χ0v) is 7.99. The summed E-state index contributed by atoms with van der Waals surface area (Å²) < 4.78 is 0. The van der Waals surface area contributed by atoms with E-state index < -0.39 is 0 Å². The van der Waals surface area contributed by atoms with Crippen LogP contribution in [0.25, 0.3) is 0 Å². The maximum atomic E-state index is 2.18. The number of halogens is 2. The molecule has 0 aliphatic carbocycles. The second-order valence-electron chi connectivity index (χ2n) is 1.000. The molecule has 0 aliphatic heterocycles. The lowest BCUT2D eigenvalue weighted by Crippen LogP contribution is -1.47. The molecule has 1 atom stereocenters. The van der Waals surface area contributed by atoms with Crippen LogP contribution in [0.2, 0.25) is 0 Å². The maximum absolute atomic E-state index is 2.18. The van der Waals surface area contributed by atoms with Crippen LogP contribution in [0.1, 0.15) is 26.7 Å². The van der Waals surface area contributed by atoms with Crippen molar-refractivity contribution in [2.24, 2.45) is 0 Å². The van der Waals surface area contributed by atoms with Crippen LogP contribution >= 0.6 is 34.7 Å². The van der Waals surface area contributed by atoms with Crippen LogP contribution in [-0.4, -0.2) is 0 Å². The van der Waals surface area contributed by atoms with Crippen molar-refractivity contribution in [2.75, 3.05) is 0 Å². The average Bonchev–Trinajstić information content (AvgIpc) is 1.37. The SMILES string of the molecule is CCCC.Cl.Cl.P. The molecule has 0 fully saturated rings. The zero-order valence-electron chi connectivity index (χ0n) is 4.94. The van der Waals surface area contributed by atoms with Gasteiger partial charge in [0.15, 0.2) is 0 Å². The largest absolute Gasteiger partial charge is 0.153 e. The summed E-state index contributed by atoms with van der Waals surface area (Å²) in [6, 6.07) is 0. The Hall–Kier alpha value is 1.01. The standard InChI is InChI=1S/C4H10.2ClH.H3P/c1-3-4-2;;;/h3-4H2,1-2H3;2*1H;1H3. The first-order valence-electron chi connectivity index (χ1n) is 1.91. The number of hydrogen-bond donors (Lipinski definition) is 0. The monoisotopic (exact) mass is 164 g/mol. The van der Waals surface area contributed by atoms with Gasteiger partial charge in [0.2, 0.25) is 0 Å². The van der Waals surface area contributed by atoms with Crippen LogP contribution in [0.4, 0.5) is 0 Å². The first-order chi connectivity index (χ1) is 1.91. The van der Waals surface area contributed by atoms with Crippen LogP contribution in [0.5, 0.6) is 0 Å². The van der Waals surface area contributed by atoms with E-state index in [1.165, 1.54) is 12.8 Å². The van der Waals surface area contributed by atoms with E-state index in [-0.39, 0.29) is 34.7 Å². The molecule has 0 rings (SSSR count). The van der Waals surface area contributed by atoms with Gasteiger partial charge in [-0.05, 0) is 0 Å². The summed E-state index contributed by atoms with van der Waals surface area (Å²) in [5.74, 6) is 0. The predicted octanol–water partition coefficient (Wildman–Crippen LogP) is 2.71. The van der Waals surface area contributed by atoms with E-state index in [4.69, 9.17) is 0 Å². The minimum absolute atomic E-state index is 0. The quantitative estimate of drug-likeness (QED) is 0.524. The maximum Gasteiger partial charge on any atom is -0.0564 e. The average molecular weight is 165 g/mol. The molecule has 0 aromatic heterocycles. The molecule has 0 radical (unpaired) electrons. The molecular weight excluding hydrogens is 150 g/mol. The van der Waals surface area contributed by atoms with Crippen molar-refractivity contribution in [1.82, 2.24) is 0 Å². The van der Waals surface area contributed by atoms with Gasteiger partial charge in [0.05, 0.1) is 0 Å². The number of rotatable bonds is 1. The molecule has 0 amide bonds. The van der Waals surface area contributed by atoms with Gasteiger partial charge in [-0.3, -0.25) is 0 Å². The molecule has 0 heterocycles. The van der Waals surface area contributed by atoms with Gasteiger partial charge in [-0.1, -0.05) is 26.7 Å². The summed E-state index contributed by atoms with van der Waals surface area (Å²) in [4.78, 5) is 0. The van der Waals surface area contributed by atoms with E-state index >= 15 is 0 Å². The molecular formula is C4H15Cl2P. The first kappa shape index (κ1) is 24.5. The Labute approximate surface area is 61.9 Å². The van der Waals surface area contributed by atoms with Gasteiger partial charge in [-0.25, -0.2) is 0 Å². The Morgan fingerprint density at radius 2 is 1.00 bits per heavy atom. The summed E-state index contributed by atoms with van der Waals surface area (Å²) >= 11 is 0. The molecule has 0 saturated carbocycles. The highest BCUT2D eigenvalue weighted by Crippen LogP contribution is 1.76. The van der Waals surface area contributed by atoms with Crippen molar-refractivity contribution in [2.45, 2.75) is 26.7 Å². The molecule has 0 bridgehead atoms. The molecule has 7 heavy (non-hydrogen) atoms. The Kier molecular flexibility index (Phi) is 97.7. The summed E-state index contributed by atoms with van der Waals surface area (Å²) in [5, 5.41) is 0. The van der Waals surface area contributed by atoms with Gasteiger partial charge in [-0.15, -0.1) is 24.8 Å². The van der Waals surface area contributed by atoms with E-state index in [1.54, 1.807) is 0 Å². The van der Waals surface area contributed by atoms with Crippen molar-refractivity contribution in [3.63, 3.8) is 0 Å². The third-order valence-electron chi connectivity index (χ3n) is 0.500. The fraction of sp³-hybridized carbons (Fsp3) is 1.00. The van der Waals surface area contributed by atoms with Crippen molar-refractivity contribution < 1.29 is 0 Å². The lowest BCUT2D eigenvalue weighted by atomic mass is 10.4. The minimum atomic E-state index is 0. The summed E-state index contributed by atoms with van der Waals surface area (Å²) in [5.41, 5.74) is 0. The Morgan fingerprint density at radius 3 is 1.00 bits per heavy atom. The molecule has 0 aromatic carbocycles. The van der Waals surface area contributed by atoms with Crippen molar-refractivity contribution in [3.05, 3.63) is 0 Å². The lowest BCUT2D eigenvalue weighted by molar-refractivity contribution is 0.886. The van der Waals surface area contributed by atoms with E-state index in [9.17, 15) is 0 Å². The second kappa shape index (κ2) is 27.9. The first-order valence-corrected chi connectivity index (χ1v) is 1.91. The Balaban J connectivity index is -0.0000000150. The van der Waals surface area contributed by atoms with Crippen LogP contribution in [0, 0.1) is 0 Å². The number of hydrogen-bond acceptors (Lipinski definition) is 0. The third kappa shape index (κ3) is 43.6. The minimum Gasteiger partial charge on any atom is -0.153 e. The highest BCUT2D eigenvalue weighted by molar-refractivity contribution is 6.92. The van der Waals surface area contributed by atoms with E-state index in [0.29, 0.717) is 0 Å². The van der Waals surface area contributed by atoms with Gasteiger partial charge in [0.25, 0.3) is 0 Å². The number of unbranched alkanes of at least 4 members (excludes halogenated alkanes) is 1. The Morgan fingerprint density at radius 1 is 0.857 bits per heavy atom. The molecule has 1 unspecified atom stereocenters. The Bertz CT molecular complexity index is 11.7. The third-order valence-corrected chi connectivity index (χ3v) is 0.500. The summed E-state index contributed by atoms with van der Waals surface area (Å²) in [7, 11) is 0. The topological polar surface area (TPSA) is 0 Å². The van der Waals surface area contributed by atoms with Crippen molar-refractivity contribution >= 4 is 34.7 Å². The van der Waals surface area contributed by atoms with Gasteiger partial charge < -0.3 is 0 Å². The molecule has 50 valence electrons. The highest BCUT2D eigenvalue weighted by atomic mass is 35.5. The molecule has 3 heteroatoms. The van der Waals surface area contributed by atoms with E-state index in [1.807, 2.05) is 0 Å². The molecule has 0 aliphatic rings. The van der Waals surface area contributed by atoms with Gasteiger partial charge >= 0.3 is 0 Å². The van der Waals surface area contributed by atoms with E-state index in [0.717, 1.165) is 0 Å². The molecule has 0 spiro atoms. The van der Waals surface area contributed by atoms with Crippen molar-refractivity contribution in [3.8, 4) is 0 Å². The summed E-state index contributed by atoms with van der Waals surface area (Å²) in [6.07, 6.45) is 2.64. The van der Waals surface area contributed by atoms with E-state index in [2.05, 4.69) is 13.8 Å². The van der Waals surface area contributed by atoms with Gasteiger partial charge in [0.1, 0.15) is 0 Å². The van der Waals surface area contributed by atoms with Crippen LogP contribution in [-0.2, 0) is 0 Å². The van der Waals surface area contributed by atoms with Crippen LogP contribution in [0.15, 0.2) is 0 Å². The predicted molar refractivity (Wildman–Crippen MR) is 46.2 cm³/mol. The van der Waals surface area contributed by atoms with Crippen molar-refractivity contribution in [1.29, 1.82) is 0 Å². The smallest absolute Gasteiger partial charge is 0.0564 e. The van der Waals surface area contributed by atoms with Gasteiger partial charge in [-0.2, -0.15) is 9.90 Å². The lowest BCUT2D eigenvalue weighted by Gasteiger charge is -1.68. The summed E-state index contributed by atoms with van der Waals surface area (Å²) in [6.45, 7) is 4.36. The fourth-order valence-electron chi connectivity index (χ4n) is 0. The van der Waals surface area contributed by atoms with Crippen LogP contribution < -0.4 is 0 Å². The molecule has 0 aromatic rings.